The van der Waals surface area contributed by atoms with Crippen LogP contribution in [-0.2, 0) is 5.11 Å². The molecule has 0 aliphatic heterocycles. The van der Waals surface area contributed by atoms with E-state index in [1.165, 1.54) is 64.2 Å². The fourth-order valence-corrected chi connectivity index (χ4v) is 2.03. The number of hydrogen-bond donors (Lipinski definition) is 0. The van der Waals surface area contributed by atoms with Crippen molar-refractivity contribution in [3.63, 3.8) is 0 Å². The van der Waals surface area contributed by atoms with Gasteiger partial charge in [-0.2, -0.15) is 0 Å². The molecule has 0 fully saturated rings. The zero-order chi connectivity index (χ0) is 11.4. The van der Waals surface area contributed by atoms with E-state index in [-0.39, 0.29) is 6.61 Å². The first kappa shape index (κ1) is 15.0. The van der Waals surface area contributed by atoms with E-state index in [0.717, 1.165) is 0 Å². The summed E-state index contributed by atoms with van der Waals surface area (Å²) < 4.78 is 0. The molecule has 0 N–H and O–H groups in total. The Morgan fingerprint density at radius 2 is 1.20 bits per heavy atom. The highest BCUT2D eigenvalue weighted by Gasteiger charge is 2.07. The van der Waals surface area contributed by atoms with E-state index in [1.807, 2.05) is 0 Å². The van der Waals surface area contributed by atoms with Gasteiger partial charge in [0.1, 0.15) is 0 Å². The average molecular weight is 213 g/mol. The van der Waals surface area contributed by atoms with E-state index >= 15 is 0 Å². The molecule has 1 unspecified atom stereocenters. The molecule has 0 aromatic carbocycles. The van der Waals surface area contributed by atoms with E-state index in [9.17, 15) is 5.11 Å². The van der Waals surface area contributed by atoms with Crippen LogP contribution in [0.3, 0.4) is 0 Å². The van der Waals surface area contributed by atoms with Crippen LogP contribution in [-0.4, -0.2) is 6.61 Å². The van der Waals surface area contributed by atoms with Crippen molar-refractivity contribution < 1.29 is 5.11 Å². The summed E-state index contributed by atoms with van der Waals surface area (Å²) in [6.07, 6.45) is 12.8. The lowest BCUT2D eigenvalue weighted by molar-refractivity contribution is 0.130. The van der Waals surface area contributed by atoms with Gasteiger partial charge in [-0.3, -0.25) is 0 Å². The van der Waals surface area contributed by atoms with Crippen LogP contribution in [0.15, 0.2) is 0 Å². The first-order valence-corrected chi connectivity index (χ1v) is 6.93. The second-order valence-electron chi connectivity index (χ2n) is 4.73. The average Bonchev–Trinajstić information content (AvgIpc) is 2.26. The first-order chi connectivity index (χ1) is 7.35. The summed E-state index contributed by atoms with van der Waals surface area (Å²) >= 11 is 0. The fourth-order valence-electron chi connectivity index (χ4n) is 2.03. The lowest BCUT2D eigenvalue weighted by atomic mass is 9.95. The molecule has 0 aliphatic carbocycles. The van der Waals surface area contributed by atoms with Gasteiger partial charge in [0.05, 0.1) is 6.61 Å². The molecule has 0 amide bonds. The Bertz CT molecular complexity index is 112. The third kappa shape index (κ3) is 10.2. The van der Waals surface area contributed by atoms with Crippen molar-refractivity contribution in [2.24, 2.45) is 5.92 Å². The van der Waals surface area contributed by atoms with Gasteiger partial charge in [0.25, 0.3) is 0 Å². The standard InChI is InChI=1S/C14H29O/c1-3-5-7-8-10-12-14(13-15)11-9-6-4-2/h14H,3-13H2,1-2H3. The highest BCUT2D eigenvalue weighted by Crippen LogP contribution is 2.17. The zero-order valence-electron chi connectivity index (χ0n) is 10.8. The molecular weight excluding hydrogens is 184 g/mol. The number of rotatable bonds is 11. The summed E-state index contributed by atoms with van der Waals surface area (Å²) in [4.78, 5) is 0. The Kier molecular flexibility index (Phi) is 12.0. The minimum Gasteiger partial charge on any atom is -0.236 e. The maximum atomic E-state index is 10.9. The summed E-state index contributed by atoms with van der Waals surface area (Å²) in [5, 5.41) is 10.9. The molecule has 1 heteroatoms. The molecular formula is C14H29O. The van der Waals surface area contributed by atoms with Gasteiger partial charge in [-0.15, -0.1) is 0 Å². The quantitative estimate of drug-likeness (QED) is 0.432. The molecule has 0 aromatic heterocycles. The van der Waals surface area contributed by atoms with Crippen LogP contribution in [0.25, 0.3) is 0 Å². The molecule has 0 aliphatic rings. The summed E-state index contributed by atoms with van der Waals surface area (Å²) in [5.74, 6) is 0.471. The van der Waals surface area contributed by atoms with Gasteiger partial charge in [-0.1, -0.05) is 65.2 Å². The van der Waals surface area contributed by atoms with Crippen LogP contribution in [0.4, 0.5) is 0 Å². The molecule has 1 nitrogen and oxygen atoms in total. The highest BCUT2D eigenvalue weighted by molar-refractivity contribution is 4.58. The highest BCUT2D eigenvalue weighted by atomic mass is 16.3. The topological polar surface area (TPSA) is 19.9 Å². The van der Waals surface area contributed by atoms with Crippen LogP contribution in [0, 0.1) is 5.92 Å². The van der Waals surface area contributed by atoms with E-state index in [4.69, 9.17) is 0 Å². The monoisotopic (exact) mass is 213 g/mol. The largest absolute Gasteiger partial charge is 0.236 e. The normalized spacial score (nSPS) is 13.0. The molecule has 0 bridgehead atoms. The van der Waals surface area contributed by atoms with Crippen LogP contribution >= 0.6 is 0 Å². The number of hydrogen-bond acceptors (Lipinski definition) is 0. The minimum atomic E-state index is 0.150. The Labute approximate surface area is 96.3 Å². The third-order valence-corrected chi connectivity index (χ3v) is 3.17. The third-order valence-electron chi connectivity index (χ3n) is 3.17. The van der Waals surface area contributed by atoms with Gasteiger partial charge in [-0.25, -0.2) is 5.11 Å². The second-order valence-corrected chi connectivity index (χ2v) is 4.73. The van der Waals surface area contributed by atoms with Crippen LogP contribution < -0.4 is 0 Å². The molecule has 0 spiro atoms. The fraction of sp³-hybridized carbons (Fsp3) is 1.00. The maximum absolute atomic E-state index is 10.9. The smallest absolute Gasteiger partial charge is 0.0850 e. The van der Waals surface area contributed by atoms with Crippen LogP contribution in [0.5, 0.6) is 0 Å². The SMILES string of the molecule is CCCCCCCC(C[O])CCCCC. The van der Waals surface area contributed by atoms with Crippen molar-refractivity contribution in [2.45, 2.75) is 78.1 Å². The van der Waals surface area contributed by atoms with Crippen molar-refractivity contribution in [3.05, 3.63) is 0 Å². The van der Waals surface area contributed by atoms with Gasteiger partial charge in [0.2, 0.25) is 0 Å². The summed E-state index contributed by atoms with van der Waals surface area (Å²) in [6, 6.07) is 0. The molecule has 0 saturated heterocycles. The second kappa shape index (κ2) is 12.0. The van der Waals surface area contributed by atoms with E-state index in [0.29, 0.717) is 5.92 Å². The van der Waals surface area contributed by atoms with E-state index in [1.54, 1.807) is 0 Å². The lowest BCUT2D eigenvalue weighted by Crippen LogP contribution is -2.05. The van der Waals surface area contributed by atoms with Gasteiger partial charge in [-0.05, 0) is 18.8 Å². The molecule has 1 radical (unpaired) electrons. The van der Waals surface area contributed by atoms with E-state index in [2.05, 4.69) is 13.8 Å². The summed E-state index contributed by atoms with van der Waals surface area (Å²) in [7, 11) is 0. The van der Waals surface area contributed by atoms with Crippen molar-refractivity contribution in [2.75, 3.05) is 6.61 Å². The first-order valence-electron chi connectivity index (χ1n) is 6.93. The van der Waals surface area contributed by atoms with Crippen molar-refractivity contribution in [1.29, 1.82) is 0 Å². The number of unbranched alkanes of at least 4 members (excludes halogenated alkanes) is 6. The summed E-state index contributed by atoms with van der Waals surface area (Å²) in [5.41, 5.74) is 0. The lowest BCUT2D eigenvalue weighted by Gasteiger charge is -2.12. The Morgan fingerprint density at radius 3 is 1.73 bits per heavy atom. The van der Waals surface area contributed by atoms with Crippen molar-refractivity contribution >= 4 is 0 Å². The molecule has 15 heavy (non-hydrogen) atoms. The molecule has 0 heterocycles. The van der Waals surface area contributed by atoms with Crippen LogP contribution in [0.1, 0.15) is 78.1 Å². The molecule has 0 aromatic rings. The summed E-state index contributed by atoms with van der Waals surface area (Å²) in [6.45, 7) is 4.61. The van der Waals surface area contributed by atoms with Crippen molar-refractivity contribution in [3.8, 4) is 0 Å². The zero-order valence-corrected chi connectivity index (χ0v) is 10.8. The Balaban J connectivity index is 3.28. The Hall–Kier alpha value is -0.0400. The van der Waals surface area contributed by atoms with Crippen LogP contribution in [0.2, 0.25) is 0 Å². The molecule has 91 valence electrons. The maximum Gasteiger partial charge on any atom is 0.0850 e. The molecule has 0 saturated carbocycles. The molecule has 0 rings (SSSR count). The predicted molar refractivity (Wildman–Crippen MR) is 66.6 cm³/mol. The van der Waals surface area contributed by atoms with Crippen molar-refractivity contribution in [1.82, 2.24) is 0 Å². The van der Waals surface area contributed by atoms with Gasteiger partial charge in [0, 0.05) is 0 Å². The van der Waals surface area contributed by atoms with Gasteiger partial charge < -0.3 is 0 Å². The molecule has 1 atom stereocenters. The predicted octanol–water partition coefficient (Wildman–Crippen LogP) is 4.97. The minimum absolute atomic E-state index is 0.150. The Morgan fingerprint density at radius 1 is 0.733 bits per heavy atom. The van der Waals surface area contributed by atoms with Gasteiger partial charge >= 0.3 is 0 Å². The van der Waals surface area contributed by atoms with E-state index < -0.39 is 0 Å². The van der Waals surface area contributed by atoms with Gasteiger partial charge in [0.15, 0.2) is 0 Å².